The molecule has 2 N–H and O–H groups in total. The van der Waals surface area contributed by atoms with Crippen LogP contribution in [0.5, 0.6) is 0 Å². The summed E-state index contributed by atoms with van der Waals surface area (Å²) < 4.78 is 5.19. The third kappa shape index (κ3) is 2.86. The molecular formula is C11H20N2O3. The van der Waals surface area contributed by atoms with Crippen LogP contribution in [0, 0.1) is 0 Å². The molecule has 2 heterocycles. The predicted octanol–water partition coefficient (Wildman–Crippen LogP) is 0.333. The molecule has 0 unspecified atom stereocenters. The summed E-state index contributed by atoms with van der Waals surface area (Å²) in [4.78, 5) is 13.5. The average Bonchev–Trinajstić information content (AvgIpc) is 2.80. The third-order valence-corrected chi connectivity index (χ3v) is 3.39. The molecular weight excluding hydrogens is 208 g/mol. The minimum atomic E-state index is -0.770. The molecule has 5 nitrogen and oxygen atoms in total. The van der Waals surface area contributed by atoms with Crippen molar-refractivity contribution < 1.29 is 14.6 Å². The second-order valence-electron chi connectivity index (χ2n) is 4.69. The van der Waals surface area contributed by atoms with Gasteiger partial charge in [0.2, 0.25) is 0 Å². The lowest BCUT2D eigenvalue weighted by atomic mass is 9.94. The highest BCUT2D eigenvalue weighted by molar-refractivity contribution is 5.74. The normalized spacial score (nSPS) is 24.4. The van der Waals surface area contributed by atoms with Crippen molar-refractivity contribution in [1.29, 1.82) is 0 Å². The Balaban J connectivity index is 1.75. The van der Waals surface area contributed by atoms with E-state index in [2.05, 4.69) is 5.32 Å². The Hall–Kier alpha value is -0.810. The first-order valence-corrected chi connectivity index (χ1v) is 6.03. The monoisotopic (exact) mass is 228 g/mol. The van der Waals surface area contributed by atoms with Crippen molar-refractivity contribution in [3.8, 4) is 0 Å². The summed E-state index contributed by atoms with van der Waals surface area (Å²) >= 11 is 0. The molecule has 2 saturated heterocycles. The summed E-state index contributed by atoms with van der Waals surface area (Å²) in [5.74, 6) is 0. The van der Waals surface area contributed by atoms with E-state index in [1.165, 1.54) is 0 Å². The number of hydrogen-bond acceptors (Lipinski definition) is 3. The zero-order valence-electron chi connectivity index (χ0n) is 9.57. The number of amides is 2. The lowest BCUT2D eigenvalue weighted by Crippen LogP contribution is -2.49. The maximum atomic E-state index is 11.7. The minimum Gasteiger partial charge on any atom is -0.388 e. The van der Waals surface area contributed by atoms with Gasteiger partial charge in [-0.25, -0.2) is 4.79 Å². The van der Waals surface area contributed by atoms with E-state index in [4.69, 9.17) is 4.74 Å². The number of aliphatic hydroxyl groups is 1. The maximum Gasteiger partial charge on any atom is 0.317 e. The SMILES string of the molecule is O=C(NCC1(O)CCOCC1)N1CCCC1. The molecule has 5 heteroatoms. The van der Waals surface area contributed by atoms with Crippen LogP contribution in [0.15, 0.2) is 0 Å². The first-order valence-electron chi connectivity index (χ1n) is 6.03. The number of carbonyl (C=O) groups excluding carboxylic acids is 1. The van der Waals surface area contributed by atoms with E-state index in [1.807, 2.05) is 4.90 Å². The molecule has 16 heavy (non-hydrogen) atoms. The molecule has 92 valence electrons. The van der Waals surface area contributed by atoms with E-state index < -0.39 is 5.60 Å². The Kier molecular flexibility index (Phi) is 3.66. The quantitative estimate of drug-likeness (QED) is 0.716. The van der Waals surface area contributed by atoms with Gasteiger partial charge in [-0.3, -0.25) is 0 Å². The van der Waals surface area contributed by atoms with Crippen molar-refractivity contribution in [3.05, 3.63) is 0 Å². The van der Waals surface area contributed by atoms with Crippen LogP contribution in [0.3, 0.4) is 0 Å². The van der Waals surface area contributed by atoms with Crippen molar-refractivity contribution in [2.75, 3.05) is 32.8 Å². The van der Waals surface area contributed by atoms with Crippen LogP contribution in [0.2, 0.25) is 0 Å². The minimum absolute atomic E-state index is 0.0441. The fraction of sp³-hybridized carbons (Fsp3) is 0.909. The summed E-state index contributed by atoms with van der Waals surface area (Å²) in [7, 11) is 0. The van der Waals surface area contributed by atoms with Gasteiger partial charge in [-0.05, 0) is 12.8 Å². The number of nitrogens with one attached hydrogen (secondary N) is 1. The first kappa shape index (κ1) is 11.7. The molecule has 2 amide bonds. The number of ether oxygens (including phenoxy) is 1. The molecule has 0 atom stereocenters. The average molecular weight is 228 g/mol. The number of nitrogens with zero attached hydrogens (tertiary/aromatic N) is 1. The highest BCUT2D eigenvalue weighted by atomic mass is 16.5. The molecule has 0 bridgehead atoms. The molecule has 2 aliphatic heterocycles. The number of carbonyl (C=O) groups is 1. The van der Waals surface area contributed by atoms with Gasteiger partial charge in [0.25, 0.3) is 0 Å². The molecule has 0 aromatic carbocycles. The highest BCUT2D eigenvalue weighted by Gasteiger charge is 2.30. The van der Waals surface area contributed by atoms with Gasteiger partial charge in [0.05, 0.1) is 5.60 Å². The lowest BCUT2D eigenvalue weighted by molar-refractivity contribution is -0.0604. The topological polar surface area (TPSA) is 61.8 Å². The Labute approximate surface area is 95.8 Å². The van der Waals surface area contributed by atoms with E-state index >= 15 is 0 Å². The van der Waals surface area contributed by atoms with E-state index in [0.29, 0.717) is 32.6 Å². The molecule has 0 radical (unpaired) electrons. The van der Waals surface area contributed by atoms with E-state index in [1.54, 1.807) is 0 Å². The van der Waals surface area contributed by atoms with Crippen molar-refractivity contribution in [3.63, 3.8) is 0 Å². The first-order chi connectivity index (χ1) is 7.70. The van der Waals surface area contributed by atoms with Crippen molar-refractivity contribution in [2.24, 2.45) is 0 Å². The van der Waals surface area contributed by atoms with E-state index in [-0.39, 0.29) is 6.03 Å². The van der Waals surface area contributed by atoms with Crippen molar-refractivity contribution >= 4 is 6.03 Å². The zero-order valence-corrected chi connectivity index (χ0v) is 9.57. The Morgan fingerprint density at radius 2 is 1.94 bits per heavy atom. The van der Waals surface area contributed by atoms with Gasteiger partial charge in [0.1, 0.15) is 0 Å². The molecule has 0 spiro atoms. The number of hydrogen-bond donors (Lipinski definition) is 2. The summed E-state index contributed by atoms with van der Waals surface area (Å²) in [5, 5.41) is 13.0. The largest absolute Gasteiger partial charge is 0.388 e. The Bertz CT molecular complexity index is 246. The smallest absolute Gasteiger partial charge is 0.317 e. The number of likely N-dealkylation sites (tertiary alicyclic amines) is 1. The van der Waals surface area contributed by atoms with Gasteiger partial charge < -0.3 is 20.1 Å². The van der Waals surface area contributed by atoms with Crippen LogP contribution in [0.4, 0.5) is 4.79 Å². The second-order valence-corrected chi connectivity index (χ2v) is 4.69. The van der Waals surface area contributed by atoms with Crippen molar-refractivity contribution in [2.45, 2.75) is 31.3 Å². The summed E-state index contributed by atoms with van der Waals surface area (Å²) in [6.45, 7) is 3.18. The molecule has 2 rings (SSSR count). The van der Waals surface area contributed by atoms with Crippen LogP contribution < -0.4 is 5.32 Å². The number of rotatable bonds is 2. The van der Waals surface area contributed by atoms with Crippen LogP contribution in [0.1, 0.15) is 25.7 Å². The molecule has 2 fully saturated rings. The van der Waals surface area contributed by atoms with Gasteiger partial charge in [-0.2, -0.15) is 0 Å². The van der Waals surface area contributed by atoms with Gasteiger partial charge in [-0.15, -0.1) is 0 Å². The highest BCUT2D eigenvalue weighted by Crippen LogP contribution is 2.19. The summed E-state index contributed by atoms with van der Waals surface area (Å²) in [6.07, 6.45) is 3.39. The van der Waals surface area contributed by atoms with Crippen LogP contribution in [-0.2, 0) is 4.74 Å². The fourth-order valence-corrected chi connectivity index (χ4v) is 2.20. The van der Waals surface area contributed by atoms with Gasteiger partial charge >= 0.3 is 6.03 Å². The molecule has 0 aromatic rings. The molecule has 0 saturated carbocycles. The van der Waals surface area contributed by atoms with Gasteiger partial charge in [0.15, 0.2) is 0 Å². The predicted molar refractivity (Wildman–Crippen MR) is 59.2 cm³/mol. The van der Waals surface area contributed by atoms with Crippen LogP contribution in [-0.4, -0.2) is 54.5 Å². The maximum absolute atomic E-state index is 11.7. The zero-order chi connectivity index (χ0) is 11.4. The van der Waals surface area contributed by atoms with Gasteiger partial charge in [-0.1, -0.05) is 0 Å². The van der Waals surface area contributed by atoms with E-state index in [0.717, 1.165) is 25.9 Å². The molecule has 2 aliphatic rings. The third-order valence-electron chi connectivity index (χ3n) is 3.39. The standard InChI is InChI=1S/C11H20N2O3/c14-10(13-5-1-2-6-13)12-9-11(15)3-7-16-8-4-11/h15H,1-9H2,(H,12,14). The van der Waals surface area contributed by atoms with E-state index in [9.17, 15) is 9.90 Å². The summed E-state index contributed by atoms with van der Waals surface area (Å²) in [6, 6.07) is -0.0441. The van der Waals surface area contributed by atoms with Crippen LogP contribution in [0.25, 0.3) is 0 Å². The fourth-order valence-electron chi connectivity index (χ4n) is 2.20. The van der Waals surface area contributed by atoms with Crippen LogP contribution >= 0.6 is 0 Å². The Morgan fingerprint density at radius 3 is 2.56 bits per heavy atom. The van der Waals surface area contributed by atoms with Gasteiger partial charge in [0, 0.05) is 45.7 Å². The second kappa shape index (κ2) is 5.01. The number of urea groups is 1. The molecule has 0 aliphatic carbocycles. The molecule has 0 aromatic heterocycles. The lowest BCUT2D eigenvalue weighted by Gasteiger charge is -2.32. The Morgan fingerprint density at radius 1 is 1.31 bits per heavy atom. The summed E-state index contributed by atoms with van der Waals surface area (Å²) in [5.41, 5.74) is -0.770. The van der Waals surface area contributed by atoms with Crippen molar-refractivity contribution in [1.82, 2.24) is 10.2 Å².